The number of carbonyl (C=O) groups is 1. The number of nitrogens with zero attached hydrogens (tertiary/aromatic N) is 2. The van der Waals surface area contributed by atoms with Crippen LogP contribution in [0.2, 0.25) is 0 Å². The second-order valence-corrected chi connectivity index (χ2v) is 5.03. The summed E-state index contributed by atoms with van der Waals surface area (Å²) >= 11 is 0. The van der Waals surface area contributed by atoms with Crippen LogP contribution in [0, 0.1) is 5.92 Å². The molecule has 0 amide bonds. The number of rotatable bonds is 4. The molecular weight excluding hydrogens is 242 g/mol. The second kappa shape index (κ2) is 5.30. The summed E-state index contributed by atoms with van der Waals surface area (Å²) in [5.74, 6) is 0.353. The first-order valence-corrected chi connectivity index (χ1v) is 6.39. The number of aromatic nitrogens is 2. The van der Waals surface area contributed by atoms with Gasteiger partial charge in [0.1, 0.15) is 6.04 Å². The van der Waals surface area contributed by atoms with E-state index in [4.69, 9.17) is 10.5 Å². The van der Waals surface area contributed by atoms with Crippen molar-refractivity contribution in [1.82, 2.24) is 9.55 Å². The summed E-state index contributed by atoms with van der Waals surface area (Å²) in [6.45, 7) is 6.18. The quantitative estimate of drug-likeness (QED) is 0.858. The molecule has 5 nitrogen and oxygen atoms in total. The first kappa shape index (κ1) is 13.4. The summed E-state index contributed by atoms with van der Waals surface area (Å²) in [6, 6.07) is 7.07. The van der Waals surface area contributed by atoms with E-state index in [0.717, 1.165) is 11.0 Å². The van der Waals surface area contributed by atoms with Gasteiger partial charge in [0, 0.05) is 0 Å². The molecule has 5 heteroatoms. The van der Waals surface area contributed by atoms with Crippen molar-refractivity contribution in [3.05, 3.63) is 24.3 Å². The first-order valence-electron chi connectivity index (χ1n) is 6.39. The molecule has 0 aliphatic heterocycles. The van der Waals surface area contributed by atoms with Crippen LogP contribution in [0.15, 0.2) is 24.3 Å². The number of anilines is 1. The van der Waals surface area contributed by atoms with Gasteiger partial charge in [0.15, 0.2) is 0 Å². The lowest BCUT2D eigenvalue weighted by atomic mass is 10.2. The van der Waals surface area contributed by atoms with Crippen LogP contribution in [0.1, 0.15) is 26.8 Å². The Hall–Kier alpha value is -2.04. The highest BCUT2D eigenvalue weighted by Gasteiger charge is 2.21. The summed E-state index contributed by atoms with van der Waals surface area (Å²) in [4.78, 5) is 16.3. The maximum absolute atomic E-state index is 12.0. The SMILES string of the molecule is CC(C)COC(=O)C(C)n1c(N)nc2ccccc21. The topological polar surface area (TPSA) is 70.1 Å². The summed E-state index contributed by atoms with van der Waals surface area (Å²) in [5.41, 5.74) is 7.51. The Balaban J connectivity index is 2.28. The minimum Gasteiger partial charge on any atom is -0.464 e. The molecule has 0 saturated carbocycles. The Morgan fingerprint density at radius 3 is 2.74 bits per heavy atom. The molecule has 1 aromatic heterocycles. The van der Waals surface area contributed by atoms with E-state index in [2.05, 4.69) is 4.98 Å². The van der Waals surface area contributed by atoms with Gasteiger partial charge in [-0.05, 0) is 25.0 Å². The molecule has 0 fully saturated rings. The van der Waals surface area contributed by atoms with Gasteiger partial charge in [-0.3, -0.25) is 4.57 Å². The van der Waals surface area contributed by atoms with Crippen LogP contribution in [0.3, 0.4) is 0 Å². The first-order chi connectivity index (χ1) is 9.00. The molecule has 2 rings (SSSR count). The van der Waals surface area contributed by atoms with Crippen molar-refractivity contribution in [3.63, 3.8) is 0 Å². The van der Waals surface area contributed by atoms with E-state index in [1.165, 1.54) is 0 Å². The fourth-order valence-electron chi connectivity index (χ4n) is 1.94. The third kappa shape index (κ3) is 2.70. The normalized spacial score (nSPS) is 12.8. The molecule has 2 N–H and O–H groups in total. The molecule has 0 spiro atoms. The van der Waals surface area contributed by atoms with Crippen LogP contribution in [-0.4, -0.2) is 22.1 Å². The number of fused-ring (bicyclic) bond motifs is 1. The Morgan fingerprint density at radius 1 is 1.37 bits per heavy atom. The molecule has 1 heterocycles. The van der Waals surface area contributed by atoms with Crippen LogP contribution in [-0.2, 0) is 9.53 Å². The van der Waals surface area contributed by atoms with Gasteiger partial charge in [0.2, 0.25) is 5.95 Å². The van der Waals surface area contributed by atoms with Crippen LogP contribution in [0.25, 0.3) is 11.0 Å². The van der Waals surface area contributed by atoms with E-state index in [9.17, 15) is 4.79 Å². The molecule has 1 unspecified atom stereocenters. The number of imidazole rings is 1. The lowest BCUT2D eigenvalue weighted by Crippen LogP contribution is -2.22. The average molecular weight is 261 g/mol. The maximum Gasteiger partial charge on any atom is 0.328 e. The predicted octanol–water partition coefficient (Wildman–Crippen LogP) is 2.38. The van der Waals surface area contributed by atoms with Crippen LogP contribution in [0.4, 0.5) is 5.95 Å². The smallest absolute Gasteiger partial charge is 0.328 e. The largest absolute Gasteiger partial charge is 0.464 e. The third-order valence-corrected chi connectivity index (χ3v) is 2.91. The van der Waals surface area contributed by atoms with Crippen LogP contribution in [0.5, 0.6) is 0 Å². The van der Waals surface area contributed by atoms with Gasteiger partial charge >= 0.3 is 5.97 Å². The third-order valence-electron chi connectivity index (χ3n) is 2.91. The lowest BCUT2D eigenvalue weighted by Gasteiger charge is -2.16. The number of para-hydroxylation sites is 2. The summed E-state index contributed by atoms with van der Waals surface area (Å²) in [7, 11) is 0. The number of hydrogen-bond acceptors (Lipinski definition) is 4. The van der Waals surface area contributed by atoms with Crippen molar-refractivity contribution in [1.29, 1.82) is 0 Å². The minimum absolute atomic E-state index is 0.288. The van der Waals surface area contributed by atoms with E-state index >= 15 is 0 Å². The van der Waals surface area contributed by atoms with E-state index in [1.807, 2.05) is 38.1 Å². The number of hydrogen-bond donors (Lipinski definition) is 1. The molecule has 0 bridgehead atoms. The van der Waals surface area contributed by atoms with E-state index in [0.29, 0.717) is 18.5 Å². The highest BCUT2D eigenvalue weighted by molar-refractivity contribution is 5.82. The standard InChI is InChI=1S/C14H19N3O2/c1-9(2)8-19-13(18)10(3)17-12-7-5-4-6-11(12)16-14(17)15/h4-7,9-10H,8H2,1-3H3,(H2,15,16). The van der Waals surface area contributed by atoms with Gasteiger partial charge in [0.05, 0.1) is 17.6 Å². The summed E-state index contributed by atoms with van der Waals surface area (Å²) in [5, 5.41) is 0. The molecule has 2 aromatic rings. The Bertz CT molecular complexity index is 589. The predicted molar refractivity (Wildman–Crippen MR) is 74.7 cm³/mol. The molecule has 0 radical (unpaired) electrons. The highest BCUT2D eigenvalue weighted by Crippen LogP contribution is 2.23. The average Bonchev–Trinajstić information content (AvgIpc) is 2.70. The molecule has 0 aliphatic rings. The summed E-state index contributed by atoms with van der Waals surface area (Å²) < 4.78 is 6.96. The van der Waals surface area contributed by atoms with Crippen molar-refractivity contribution in [2.45, 2.75) is 26.8 Å². The lowest BCUT2D eigenvalue weighted by molar-refractivity contribution is -0.148. The second-order valence-electron chi connectivity index (χ2n) is 5.03. The molecule has 1 aromatic carbocycles. The zero-order valence-corrected chi connectivity index (χ0v) is 11.5. The van der Waals surface area contributed by atoms with Crippen molar-refractivity contribution in [2.75, 3.05) is 12.3 Å². The van der Waals surface area contributed by atoms with Gasteiger partial charge < -0.3 is 10.5 Å². The van der Waals surface area contributed by atoms with Crippen LogP contribution < -0.4 is 5.73 Å². The summed E-state index contributed by atoms with van der Waals surface area (Å²) in [6.07, 6.45) is 0. The van der Waals surface area contributed by atoms with Crippen molar-refractivity contribution < 1.29 is 9.53 Å². The van der Waals surface area contributed by atoms with Crippen molar-refractivity contribution in [3.8, 4) is 0 Å². The van der Waals surface area contributed by atoms with E-state index in [-0.39, 0.29) is 5.97 Å². The number of ether oxygens (including phenoxy) is 1. The van der Waals surface area contributed by atoms with E-state index < -0.39 is 6.04 Å². The zero-order chi connectivity index (χ0) is 14.0. The number of carbonyl (C=O) groups excluding carboxylic acids is 1. The van der Waals surface area contributed by atoms with Gasteiger partial charge in [-0.1, -0.05) is 26.0 Å². The Morgan fingerprint density at radius 2 is 2.05 bits per heavy atom. The van der Waals surface area contributed by atoms with Gasteiger partial charge in [-0.15, -0.1) is 0 Å². The van der Waals surface area contributed by atoms with Gasteiger partial charge in [-0.2, -0.15) is 0 Å². The van der Waals surface area contributed by atoms with Crippen molar-refractivity contribution in [2.24, 2.45) is 5.92 Å². The molecule has 0 aliphatic carbocycles. The van der Waals surface area contributed by atoms with Crippen LogP contribution >= 0.6 is 0 Å². The fraction of sp³-hybridized carbons (Fsp3) is 0.429. The minimum atomic E-state index is -0.480. The maximum atomic E-state index is 12.0. The van der Waals surface area contributed by atoms with Gasteiger partial charge in [0.25, 0.3) is 0 Å². The Kier molecular flexibility index (Phi) is 3.74. The van der Waals surface area contributed by atoms with E-state index in [1.54, 1.807) is 11.5 Å². The van der Waals surface area contributed by atoms with Crippen molar-refractivity contribution >= 4 is 23.0 Å². The number of benzene rings is 1. The number of esters is 1. The fourth-order valence-corrected chi connectivity index (χ4v) is 1.94. The molecule has 102 valence electrons. The molecule has 1 atom stereocenters. The molecule has 0 saturated heterocycles. The monoisotopic (exact) mass is 261 g/mol. The molecular formula is C14H19N3O2. The number of nitrogens with two attached hydrogens (primary N) is 1. The Labute approximate surface area is 112 Å². The number of nitrogen functional groups attached to an aromatic ring is 1. The highest BCUT2D eigenvalue weighted by atomic mass is 16.5. The van der Waals surface area contributed by atoms with Gasteiger partial charge in [-0.25, -0.2) is 9.78 Å². The molecule has 19 heavy (non-hydrogen) atoms. The zero-order valence-electron chi connectivity index (χ0n) is 11.5.